The molecule has 2 aromatic carbocycles. The zero-order chi connectivity index (χ0) is 21.0. The van der Waals surface area contributed by atoms with Gasteiger partial charge in [0.1, 0.15) is 23.2 Å². The van der Waals surface area contributed by atoms with E-state index in [-0.39, 0.29) is 5.75 Å². The van der Waals surface area contributed by atoms with Crippen LogP contribution in [0.2, 0.25) is 0 Å². The Morgan fingerprint density at radius 3 is 2.63 bits per heavy atom. The van der Waals surface area contributed by atoms with Crippen LogP contribution in [0.25, 0.3) is 0 Å². The van der Waals surface area contributed by atoms with Crippen LogP contribution in [0.15, 0.2) is 72.7 Å². The number of hydroxylamine groups is 2. The normalized spacial score (nSPS) is 19.0. The number of hydrogen-bond acceptors (Lipinski definition) is 5. The molecular weight excluding hydrogens is 378 g/mol. The fourth-order valence-electron chi connectivity index (χ4n) is 4.25. The molecule has 1 fully saturated rings. The quantitative estimate of drug-likeness (QED) is 0.636. The molecule has 0 aliphatic carbocycles. The molecule has 1 N–H and O–H groups in total. The van der Waals surface area contributed by atoms with Crippen LogP contribution in [0.4, 0.5) is 0 Å². The molecule has 6 nitrogen and oxygen atoms in total. The van der Waals surface area contributed by atoms with Gasteiger partial charge in [-0.3, -0.25) is 4.84 Å². The lowest BCUT2D eigenvalue weighted by atomic mass is 9.71. The molecule has 0 saturated carbocycles. The van der Waals surface area contributed by atoms with Crippen LogP contribution in [-0.2, 0) is 21.6 Å². The number of benzene rings is 2. The second-order valence-electron chi connectivity index (χ2n) is 7.49. The van der Waals surface area contributed by atoms with Crippen molar-refractivity contribution in [2.75, 3.05) is 13.2 Å². The minimum atomic E-state index is -0.456. The van der Waals surface area contributed by atoms with Crippen molar-refractivity contribution in [3.63, 3.8) is 0 Å². The third-order valence-electron chi connectivity index (χ3n) is 5.67. The highest BCUT2D eigenvalue weighted by atomic mass is 16.7. The molecule has 1 aliphatic rings. The average Bonchev–Trinajstić information content (AvgIpc) is 3.25. The highest BCUT2D eigenvalue weighted by molar-refractivity contribution is 5.54. The molecule has 0 bridgehead atoms. The Balaban J connectivity index is 1.77. The van der Waals surface area contributed by atoms with Gasteiger partial charge in [0.2, 0.25) is 0 Å². The van der Waals surface area contributed by atoms with Crippen molar-refractivity contribution in [3.8, 4) is 5.75 Å². The molecule has 6 heteroatoms. The highest BCUT2D eigenvalue weighted by Crippen LogP contribution is 2.44. The number of phenolic OH excluding ortho intramolecular Hbond substituents is 1. The van der Waals surface area contributed by atoms with E-state index in [1.807, 2.05) is 43.5 Å². The summed E-state index contributed by atoms with van der Waals surface area (Å²) in [5, 5.41) is 11.2. The van der Waals surface area contributed by atoms with Crippen molar-refractivity contribution < 1.29 is 14.7 Å². The Hall–Kier alpha value is -3.34. The van der Waals surface area contributed by atoms with Crippen molar-refractivity contribution in [2.45, 2.75) is 31.7 Å². The number of carbonyl (C=O) groups excluding carboxylic acids is 1. The molecule has 2 heterocycles. The molecule has 30 heavy (non-hydrogen) atoms. The summed E-state index contributed by atoms with van der Waals surface area (Å²) in [4.78, 5) is 22.2. The van der Waals surface area contributed by atoms with E-state index >= 15 is 0 Å². The Kier molecular flexibility index (Phi) is 5.70. The number of imidazole rings is 1. The molecule has 1 atom stereocenters. The van der Waals surface area contributed by atoms with Gasteiger partial charge in [-0.15, -0.1) is 0 Å². The zero-order valence-electron chi connectivity index (χ0n) is 17.0. The average molecular weight is 403 g/mol. The molecule has 1 aromatic heterocycles. The van der Waals surface area contributed by atoms with Gasteiger partial charge in [-0.25, -0.2) is 14.8 Å². The van der Waals surface area contributed by atoms with E-state index in [0.29, 0.717) is 31.8 Å². The van der Waals surface area contributed by atoms with E-state index in [2.05, 4.69) is 22.6 Å². The van der Waals surface area contributed by atoms with Crippen LogP contribution in [0.3, 0.4) is 0 Å². The molecule has 0 amide bonds. The summed E-state index contributed by atoms with van der Waals surface area (Å²) >= 11 is 0. The number of aromatic nitrogens is 2. The van der Waals surface area contributed by atoms with Crippen LogP contribution in [0, 0.1) is 0 Å². The molecule has 0 spiro atoms. The number of rotatable bonds is 6. The van der Waals surface area contributed by atoms with Crippen molar-refractivity contribution in [2.24, 2.45) is 0 Å². The number of aromatic hydroxyl groups is 1. The van der Waals surface area contributed by atoms with E-state index < -0.39 is 5.41 Å². The van der Waals surface area contributed by atoms with Crippen LogP contribution in [0.1, 0.15) is 36.7 Å². The SMILES string of the molecule is CCON1CCC(c2ccccc2)(c2nccn2Cc2ccc(O)cc2)CC1=C=O. The molecule has 4 rings (SSSR count). The van der Waals surface area contributed by atoms with Crippen LogP contribution < -0.4 is 0 Å². The predicted octanol–water partition coefficient (Wildman–Crippen LogP) is 3.69. The summed E-state index contributed by atoms with van der Waals surface area (Å²) in [6.45, 7) is 3.61. The van der Waals surface area contributed by atoms with E-state index in [4.69, 9.17) is 9.82 Å². The summed E-state index contributed by atoms with van der Waals surface area (Å²) < 4.78 is 2.12. The van der Waals surface area contributed by atoms with Gasteiger partial charge in [0, 0.05) is 31.9 Å². The topological polar surface area (TPSA) is 67.6 Å². The summed E-state index contributed by atoms with van der Waals surface area (Å²) in [5.74, 6) is 3.26. The van der Waals surface area contributed by atoms with E-state index in [9.17, 15) is 9.90 Å². The van der Waals surface area contributed by atoms with Gasteiger partial charge in [0.25, 0.3) is 0 Å². The standard InChI is InChI=1S/C24H25N3O3/c1-2-30-27-14-12-24(16-21(27)18-28,20-6-4-3-5-7-20)23-25-13-15-26(23)17-19-8-10-22(29)11-9-19/h3-11,13,15,29H,2,12,14,16-17H2,1H3. The largest absolute Gasteiger partial charge is 0.508 e. The zero-order valence-corrected chi connectivity index (χ0v) is 17.0. The second-order valence-corrected chi connectivity index (χ2v) is 7.49. The maximum absolute atomic E-state index is 11.8. The Morgan fingerprint density at radius 1 is 1.17 bits per heavy atom. The summed E-state index contributed by atoms with van der Waals surface area (Å²) in [6.07, 6.45) is 4.99. The van der Waals surface area contributed by atoms with Gasteiger partial charge in [-0.2, -0.15) is 0 Å². The first-order valence-corrected chi connectivity index (χ1v) is 10.2. The number of hydrogen-bond donors (Lipinski definition) is 1. The van der Waals surface area contributed by atoms with Gasteiger partial charge in [-0.05, 0) is 36.6 Å². The van der Waals surface area contributed by atoms with Gasteiger partial charge in [0.05, 0.1) is 12.0 Å². The second kappa shape index (κ2) is 8.57. The Bertz CT molecular complexity index is 1040. The summed E-state index contributed by atoms with van der Waals surface area (Å²) in [6, 6.07) is 17.4. The molecule has 1 unspecified atom stereocenters. The lowest BCUT2D eigenvalue weighted by Gasteiger charge is -2.42. The third kappa shape index (κ3) is 3.75. The number of piperidine rings is 1. The van der Waals surface area contributed by atoms with Gasteiger partial charge in [-0.1, -0.05) is 42.5 Å². The molecule has 0 radical (unpaired) electrons. The van der Waals surface area contributed by atoms with E-state index in [1.165, 1.54) is 0 Å². The predicted molar refractivity (Wildman–Crippen MR) is 113 cm³/mol. The summed E-state index contributed by atoms with van der Waals surface area (Å²) in [7, 11) is 0. The molecule has 3 aromatic rings. The van der Waals surface area contributed by atoms with Crippen LogP contribution >= 0.6 is 0 Å². The van der Waals surface area contributed by atoms with E-state index in [1.54, 1.807) is 23.4 Å². The number of phenols is 1. The van der Waals surface area contributed by atoms with Gasteiger partial charge >= 0.3 is 0 Å². The minimum absolute atomic E-state index is 0.245. The third-order valence-corrected chi connectivity index (χ3v) is 5.67. The molecule has 1 aliphatic heterocycles. The van der Waals surface area contributed by atoms with Crippen molar-refractivity contribution >= 4 is 5.94 Å². The van der Waals surface area contributed by atoms with Crippen molar-refractivity contribution in [1.82, 2.24) is 14.6 Å². The fourth-order valence-corrected chi connectivity index (χ4v) is 4.25. The Morgan fingerprint density at radius 2 is 1.93 bits per heavy atom. The maximum Gasteiger partial charge on any atom is 0.148 e. The lowest BCUT2D eigenvalue weighted by molar-refractivity contribution is -0.140. The Labute approximate surface area is 176 Å². The van der Waals surface area contributed by atoms with Crippen LogP contribution in [-0.4, -0.2) is 38.8 Å². The first kappa shape index (κ1) is 20.0. The van der Waals surface area contributed by atoms with Crippen molar-refractivity contribution in [3.05, 3.63) is 89.6 Å². The van der Waals surface area contributed by atoms with Gasteiger partial charge in [0.15, 0.2) is 0 Å². The first-order valence-electron chi connectivity index (χ1n) is 10.2. The van der Waals surface area contributed by atoms with Crippen LogP contribution in [0.5, 0.6) is 5.75 Å². The highest BCUT2D eigenvalue weighted by Gasteiger charge is 2.44. The molecule has 154 valence electrons. The lowest BCUT2D eigenvalue weighted by Crippen LogP contribution is -2.43. The smallest absolute Gasteiger partial charge is 0.148 e. The number of nitrogens with zero attached hydrogens (tertiary/aromatic N) is 3. The first-order chi connectivity index (χ1) is 14.7. The monoisotopic (exact) mass is 403 g/mol. The van der Waals surface area contributed by atoms with Gasteiger partial charge < -0.3 is 9.67 Å². The van der Waals surface area contributed by atoms with E-state index in [0.717, 1.165) is 23.4 Å². The minimum Gasteiger partial charge on any atom is -0.508 e. The van der Waals surface area contributed by atoms with Crippen molar-refractivity contribution in [1.29, 1.82) is 0 Å². The summed E-state index contributed by atoms with van der Waals surface area (Å²) in [5.41, 5.74) is 2.23. The molecule has 1 saturated heterocycles. The number of allylic oxidation sites excluding steroid dienone is 1. The maximum atomic E-state index is 11.8. The molecular formula is C24H25N3O3. The fraction of sp³-hybridized carbons (Fsp3) is 0.292.